The molecular formula is C20H24N4O2. The fourth-order valence-electron chi connectivity index (χ4n) is 3.86. The smallest absolute Gasteiger partial charge is 0.252 e. The minimum atomic E-state index is -0.0370. The van der Waals surface area contributed by atoms with Gasteiger partial charge in [-0.15, -0.1) is 0 Å². The lowest BCUT2D eigenvalue weighted by Crippen LogP contribution is -2.19. The molecule has 0 atom stereocenters. The second-order valence-electron chi connectivity index (χ2n) is 6.97. The van der Waals surface area contributed by atoms with E-state index in [1.165, 1.54) is 12.8 Å². The Labute approximate surface area is 152 Å². The number of aromatic nitrogens is 4. The van der Waals surface area contributed by atoms with E-state index in [9.17, 15) is 4.79 Å². The molecule has 2 aromatic heterocycles. The zero-order valence-corrected chi connectivity index (χ0v) is 15.3. The van der Waals surface area contributed by atoms with Crippen LogP contribution in [0.5, 0.6) is 0 Å². The zero-order valence-electron chi connectivity index (χ0n) is 15.3. The third-order valence-electron chi connectivity index (χ3n) is 5.29. The van der Waals surface area contributed by atoms with Gasteiger partial charge < -0.3 is 9.30 Å². The standard InChI is InChI=1S/C20H24N4O2/c1-23-16-10-6-5-9-15(16)17(13-19(23)25)24-20(14-7-3-4-8-14)21-18(22-24)11-12-26-2/h5-6,9-10,13-14H,3-4,7-8,11-12H2,1-2H3. The molecule has 0 unspecified atom stereocenters. The number of fused-ring (bicyclic) bond motifs is 1. The highest BCUT2D eigenvalue weighted by molar-refractivity contribution is 5.87. The van der Waals surface area contributed by atoms with Crippen LogP contribution < -0.4 is 5.56 Å². The molecular weight excluding hydrogens is 328 g/mol. The lowest BCUT2D eigenvalue weighted by Gasteiger charge is -2.14. The highest BCUT2D eigenvalue weighted by atomic mass is 16.5. The topological polar surface area (TPSA) is 61.9 Å². The predicted molar refractivity (Wildman–Crippen MR) is 101 cm³/mol. The summed E-state index contributed by atoms with van der Waals surface area (Å²) in [6, 6.07) is 9.63. The summed E-state index contributed by atoms with van der Waals surface area (Å²) >= 11 is 0. The van der Waals surface area contributed by atoms with Crippen molar-refractivity contribution in [1.82, 2.24) is 19.3 Å². The van der Waals surface area contributed by atoms with E-state index in [1.807, 2.05) is 28.9 Å². The SMILES string of the molecule is COCCc1nc(C2CCCC2)n(-c2cc(=O)n(C)c3ccccc23)n1. The van der Waals surface area contributed by atoms with E-state index < -0.39 is 0 Å². The van der Waals surface area contributed by atoms with Gasteiger partial charge in [0, 0.05) is 37.9 Å². The normalized spacial score (nSPS) is 15.2. The van der Waals surface area contributed by atoms with Gasteiger partial charge in [0.05, 0.1) is 17.8 Å². The first-order valence-corrected chi connectivity index (χ1v) is 9.23. The molecule has 1 fully saturated rings. The Morgan fingerprint density at radius 1 is 1.23 bits per heavy atom. The average Bonchev–Trinajstić information content (AvgIpc) is 3.32. The maximum absolute atomic E-state index is 12.5. The monoisotopic (exact) mass is 352 g/mol. The van der Waals surface area contributed by atoms with Crippen molar-refractivity contribution in [3.63, 3.8) is 0 Å². The second-order valence-corrected chi connectivity index (χ2v) is 6.97. The average molecular weight is 352 g/mol. The lowest BCUT2D eigenvalue weighted by molar-refractivity contribution is 0.200. The zero-order chi connectivity index (χ0) is 18.1. The van der Waals surface area contributed by atoms with Crippen molar-refractivity contribution in [3.05, 3.63) is 52.3 Å². The molecule has 1 saturated carbocycles. The van der Waals surface area contributed by atoms with E-state index in [4.69, 9.17) is 14.8 Å². The van der Waals surface area contributed by atoms with Crippen molar-refractivity contribution < 1.29 is 4.74 Å². The van der Waals surface area contributed by atoms with Crippen molar-refractivity contribution in [1.29, 1.82) is 0 Å². The van der Waals surface area contributed by atoms with E-state index >= 15 is 0 Å². The molecule has 3 aromatic rings. The van der Waals surface area contributed by atoms with E-state index in [-0.39, 0.29) is 5.56 Å². The summed E-state index contributed by atoms with van der Waals surface area (Å²) in [4.78, 5) is 17.3. The van der Waals surface area contributed by atoms with Crippen LogP contribution in [-0.2, 0) is 18.2 Å². The van der Waals surface area contributed by atoms with E-state index in [0.717, 1.165) is 41.1 Å². The van der Waals surface area contributed by atoms with Crippen molar-refractivity contribution in [3.8, 4) is 5.69 Å². The Balaban J connectivity index is 1.92. The van der Waals surface area contributed by atoms with E-state index in [1.54, 1.807) is 24.8 Å². The van der Waals surface area contributed by atoms with Gasteiger partial charge in [-0.25, -0.2) is 9.67 Å². The molecule has 0 bridgehead atoms. The number of hydrogen-bond donors (Lipinski definition) is 0. The lowest BCUT2D eigenvalue weighted by atomic mass is 10.1. The third kappa shape index (κ3) is 2.94. The van der Waals surface area contributed by atoms with Crippen molar-refractivity contribution in [2.24, 2.45) is 7.05 Å². The third-order valence-corrected chi connectivity index (χ3v) is 5.29. The number of aryl methyl sites for hydroxylation is 1. The molecule has 0 radical (unpaired) electrons. The van der Waals surface area contributed by atoms with Crippen LogP contribution in [0.25, 0.3) is 16.6 Å². The van der Waals surface area contributed by atoms with Gasteiger partial charge in [-0.1, -0.05) is 31.0 Å². The number of methoxy groups -OCH3 is 1. The van der Waals surface area contributed by atoms with Crippen LogP contribution in [-0.4, -0.2) is 33.0 Å². The number of hydrogen-bond acceptors (Lipinski definition) is 4. The van der Waals surface area contributed by atoms with Gasteiger partial charge in [-0.2, -0.15) is 5.10 Å². The largest absolute Gasteiger partial charge is 0.384 e. The highest BCUT2D eigenvalue weighted by Gasteiger charge is 2.25. The minimum Gasteiger partial charge on any atom is -0.384 e. The summed E-state index contributed by atoms with van der Waals surface area (Å²) in [5.74, 6) is 2.16. The van der Waals surface area contributed by atoms with E-state index in [0.29, 0.717) is 18.9 Å². The fourth-order valence-corrected chi connectivity index (χ4v) is 3.86. The van der Waals surface area contributed by atoms with Crippen molar-refractivity contribution >= 4 is 10.9 Å². The van der Waals surface area contributed by atoms with Gasteiger partial charge in [-0.05, 0) is 18.9 Å². The number of ether oxygens (including phenoxy) is 1. The Bertz CT molecular complexity index is 983. The van der Waals surface area contributed by atoms with Gasteiger partial charge in [0.25, 0.3) is 5.56 Å². The van der Waals surface area contributed by atoms with Gasteiger partial charge in [0.2, 0.25) is 0 Å². The molecule has 0 spiro atoms. The highest BCUT2D eigenvalue weighted by Crippen LogP contribution is 2.34. The number of nitrogens with zero attached hydrogens (tertiary/aromatic N) is 4. The minimum absolute atomic E-state index is 0.0370. The summed E-state index contributed by atoms with van der Waals surface area (Å²) in [5, 5.41) is 5.77. The molecule has 0 aliphatic heterocycles. The van der Waals surface area contributed by atoms with Crippen molar-refractivity contribution in [2.45, 2.75) is 38.0 Å². The van der Waals surface area contributed by atoms with E-state index in [2.05, 4.69) is 0 Å². The number of rotatable bonds is 5. The van der Waals surface area contributed by atoms with Crippen LogP contribution in [0.15, 0.2) is 35.1 Å². The van der Waals surface area contributed by atoms with Crippen LogP contribution in [0.2, 0.25) is 0 Å². The molecule has 1 aliphatic carbocycles. The summed E-state index contributed by atoms with van der Waals surface area (Å²) < 4.78 is 8.77. The first-order chi connectivity index (χ1) is 12.7. The number of pyridine rings is 1. The van der Waals surface area contributed by atoms with Crippen LogP contribution >= 0.6 is 0 Å². The maximum atomic E-state index is 12.5. The fraction of sp³-hybridized carbons (Fsp3) is 0.450. The molecule has 4 rings (SSSR count). The molecule has 0 amide bonds. The Morgan fingerprint density at radius 3 is 2.77 bits per heavy atom. The summed E-state index contributed by atoms with van der Waals surface area (Å²) in [5.41, 5.74) is 1.69. The molecule has 0 saturated heterocycles. The second kappa shape index (κ2) is 7.03. The molecule has 26 heavy (non-hydrogen) atoms. The van der Waals surface area contributed by atoms with Crippen LogP contribution in [0.1, 0.15) is 43.3 Å². The maximum Gasteiger partial charge on any atom is 0.252 e. The molecule has 1 aliphatic rings. The summed E-state index contributed by atoms with van der Waals surface area (Å²) in [6.45, 7) is 0.589. The van der Waals surface area contributed by atoms with Crippen molar-refractivity contribution in [2.75, 3.05) is 13.7 Å². The predicted octanol–water partition coefficient (Wildman–Crippen LogP) is 2.97. The van der Waals surface area contributed by atoms with Crippen LogP contribution in [0.3, 0.4) is 0 Å². The summed E-state index contributed by atoms with van der Waals surface area (Å²) in [6.07, 6.45) is 5.38. The molecule has 1 aromatic carbocycles. The molecule has 6 heteroatoms. The van der Waals surface area contributed by atoms with Gasteiger partial charge in [0.1, 0.15) is 5.82 Å². The first-order valence-electron chi connectivity index (χ1n) is 9.23. The number of para-hydroxylation sites is 1. The Hall–Kier alpha value is -2.47. The van der Waals surface area contributed by atoms with Crippen LogP contribution in [0.4, 0.5) is 0 Å². The molecule has 136 valence electrons. The molecule has 0 N–H and O–H groups in total. The van der Waals surface area contributed by atoms with Gasteiger partial charge >= 0.3 is 0 Å². The van der Waals surface area contributed by atoms with Gasteiger partial charge in [-0.3, -0.25) is 4.79 Å². The summed E-state index contributed by atoms with van der Waals surface area (Å²) in [7, 11) is 3.49. The molecule has 6 nitrogen and oxygen atoms in total. The first kappa shape index (κ1) is 17.0. The molecule has 2 heterocycles. The number of benzene rings is 1. The Morgan fingerprint density at radius 2 is 2.00 bits per heavy atom. The quantitative estimate of drug-likeness (QED) is 0.708. The van der Waals surface area contributed by atoms with Crippen LogP contribution in [0, 0.1) is 0 Å². The van der Waals surface area contributed by atoms with Gasteiger partial charge in [0.15, 0.2) is 5.82 Å². The Kier molecular flexibility index (Phi) is 4.59.